The molecule has 0 amide bonds. The van der Waals surface area contributed by atoms with E-state index in [1.54, 1.807) is 0 Å². The monoisotopic (exact) mass is 271 g/mol. The van der Waals surface area contributed by atoms with Crippen molar-refractivity contribution in [3.05, 3.63) is 70.2 Å². The minimum atomic E-state index is -0.0720. The summed E-state index contributed by atoms with van der Waals surface area (Å²) in [6.45, 7) is 0. The minimum Gasteiger partial charge on any atom is -0.320 e. The maximum Gasteiger partial charge on any atom is 0.0551 e. The maximum atomic E-state index is 6.35. The Balaban J connectivity index is 1.86. The second kappa shape index (κ2) is 5.36. The van der Waals surface area contributed by atoms with Crippen molar-refractivity contribution in [1.29, 1.82) is 0 Å². The molecule has 3 rings (SSSR count). The Hall–Kier alpha value is -1.31. The molecule has 2 N–H and O–H groups in total. The van der Waals surface area contributed by atoms with Gasteiger partial charge in [0.2, 0.25) is 0 Å². The molecule has 19 heavy (non-hydrogen) atoms. The van der Waals surface area contributed by atoms with Gasteiger partial charge in [0.25, 0.3) is 0 Å². The van der Waals surface area contributed by atoms with E-state index in [2.05, 4.69) is 24.3 Å². The van der Waals surface area contributed by atoms with E-state index in [9.17, 15) is 0 Å². The van der Waals surface area contributed by atoms with Crippen LogP contribution in [0.2, 0.25) is 5.02 Å². The second-order valence-corrected chi connectivity index (χ2v) is 5.76. The molecule has 1 aliphatic rings. The minimum absolute atomic E-state index is 0.0720. The largest absolute Gasteiger partial charge is 0.320 e. The van der Waals surface area contributed by atoms with Crippen LogP contribution >= 0.6 is 11.6 Å². The summed E-state index contributed by atoms with van der Waals surface area (Å²) in [6.07, 6.45) is 4.00. The van der Waals surface area contributed by atoms with Gasteiger partial charge in [-0.3, -0.25) is 0 Å². The first-order valence-corrected chi connectivity index (χ1v) is 7.23. The van der Waals surface area contributed by atoms with Crippen LogP contribution < -0.4 is 5.73 Å². The van der Waals surface area contributed by atoms with Crippen molar-refractivity contribution in [3.8, 4) is 0 Å². The van der Waals surface area contributed by atoms with Crippen LogP contribution in [-0.4, -0.2) is 0 Å². The number of hydrogen-bond acceptors (Lipinski definition) is 1. The Bertz CT molecular complexity index is 558. The summed E-state index contributed by atoms with van der Waals surface area (Å²) in [6, 6.07) is 16.5. The van der Waals surface area contributed by atoms with Crippen molar-refractivity contribution in [2.45, 2.75) is 31.2 Å². The molecule has 1 atom stereocenters. The first-order valence-electron chi connectivity index (χ1n) is 6.85. The van der Waals surface area contributed by atoms with Crippen LogP contribution in [0.15, 0.2) is 48.5 Å². The summed E-state index contributed by atoms with van der Waals surface area (Å²) < 4.78 is 0. The van der Waals surface area contributed by atoms with Crippen LogP contribution in [0.5, 0.6) is 0 Å². The van der Waals surface area contributed by atoms with E-state index in [1.807, 2.05) is 24.3 Å². The molecule has 0 radical (unpaired) electrons. The first-order chi connectivity index (χ1) is 9.24. The zero-order chi connectivity index (χ0) is 13.2. The molecular weight excluding hydrogens is 254 g/mol. The highest BCUT2D eigenvalue weighted by Gasteiger charge is 2.20. The van der Waals surface area contributed by atoms with Crippen LogP contribution in [0, 0.1) is 0 Å². The van der Waals surface area contributed by atoms with Crippen LogP contribution in [0.25, 0.3) is 0 Å². The average molecular weight is 272 g/mol. The fraction of sp³-hybridized carbons (Fsp3) is 0.294. The van der Waals surface area contributed by atoms with Gasteiger partial charge in [-0.1, -0.05) is 54.4 Å². The molecule has 2 aromatic rings. The topological polar surface area (TPSA) is 26.0 Å². The fourth-order valence-electron chi connectivity index (χ4n) is 2.61. The predicted molar refractivity (Wildman–Crippen MR) is 80.5 cm³/mol. The van der Waals surface area contributed by atoms with Crippen molar-refractivity contribution >= 4 is 11.6 Å². The lowest BCUT2D eigenvalue weighted by molar-refractivity contribution is 0.419. The SMILES string of the molecule is NC(c1ccc(Cl)cc1)c1cccc(C2CCC2)c1. The highest BCUT2D eigenvalue weighted by atomic mass is 35.5. The van der Waals surface area contributed by atoms with Crippen molar-refractivity contribution in [2.24, 2.45) is 5.73 Å². The number of nitrogens with two attached hydrogens (primary N) is 1. The lowest BCUT2D eigenvalue weighted by atomic mass is 9.79. The normalized spacial score (nSPS) is 16.9. The number of rotatable bonds is 3. The Labute approximate surface area is 119 Å². The molecule has 1 unspecified atom stereocenters. The Kier molecular flexibility index (Phi) is 3.58. The zero-order valence-electron chi connectivity index (χ0n) is 10.9. The first kappa shape index (κ1) is 12.7. The summed E-state index contributed by atoms with van der Waals surface area (Å²) >= 11 is 5.91. The van der Waals surface area contributed by atoms with Crippen LogP contribution in [0.1, 0.15) is 47.9 Å². The molecule has 98 valence electrons. The standard InChI is InChI=1S/C17H18ClN/c18-16-9-7-13(8-10-16)17(19)15-6-2-5-14(11-15)12-3-1-4-12/h2,5-12,17H,1,3-4,19H2. The van der Waals surface area contributed by atoms with Gasteiger partial charge in [-0.05, 0) is 47.6 Å². The third-order valence-electron chi connectivity index (χ3n) is 4.08. The van der Waals surface area contributed by atoms with Crippen LogP contribution in [0.4, 0.5) is 0 Å². The highest BCUT2D eigenvalue weighted by molar-refractivity contribution is 6.30. The third kappa shape index (κ3) is 2.68. The van der Waals surface area contributed by atoms with Gasteiger partial charge in [-0.15, -0.1) is 0 Å². The van der Waals surface area contributed by atoms with Gasteiger partial charge in [-0.2, -0.15) is 0 Å². The molecule has 1 nitrogen and oxygen atoms in total. The lowest BCUT2D eigenvalue weighted by Gasteiger charge is -2.26. The summed E-state index contributed by atoms with van der Waals surface area (Å²) in [7, 11) is 0. The zero-order valence-corrected chi connectivity index (χ0v) is 11.6. The van der Waals surface area contributed by atoms with E-state index >= 15 is 0 Å². The number of hydrogen-bond donors (Lipinski definition) is 1. The van der Waals surface area contributed by atoms with E-state index < -0.39 is 0 Å². The molecule has 1 aliphatic carbocycles. The van der Waals surface area contributed by atoms with Gasteiger partial charge in [0.05, 0.1) is 6.04 Å². The maximum absolute atomic E-state index is 6.35. The second-order valence-electron chi connectivity index (χ2n) is 5.33. The summed E-state index contributed by atoms with van der Waals surface area (Å²) in [4.78, 5) is 0. The lowest BCUT2D eigenvalue weighted by Crippen LogP contribution is -2.14. The smallest absolute Gasteiger partial charge is 0.0551 e. The summed E-state index contributed by atoms with van der Waals surface area (Å²) in [5.74, 6) is 0.748. The molecule has 2 aromatic carbocycles. The third-order valence-corrected chi connectivity index (χ3v) is 4.33. The molecule has 1 saturated carbocycles. The van der Waals surface area contributed by atoms with E-state index in [-0.39, 0.29) is 6.04 Å². The number of benzene rings is 2. The van der Waals surface area contributed by atoms with E-state index in [0.29, 0.717) is 0 Å². The van der Waals surface area contributed by atoms with E-state index in [4.69, 9.17) is 17.3 Å². The van der Waals surface area contributed by atoms with Crippen molar-refractivity contribution in [1.82, 2.24) is 0 Å². The summed E-state index contributed by atoms with van der Waals surface area (Å²) in [5.41, 5.74) is 10.1. The quantitative estimate of drug-likeness (QED) is 0.864. The summed E-state index contributed by atoms with van der Waals surface area (Å²) in [5, 5.41) is 0.749. The van der Waals surface area contributed by atoms with Gasteiger partial charge in [0, 0.05) is 5.02 Å². The number of halogens is 1. The molecule has 0 bridgehead atoms. The molecule has 0 heterocycles. The van der Waals surface area contributed by atoms with Gasteiger partial charge in [-0.25, -0.2) is 0 Å². The van der Waals surface area contributed by atoms with Crippen LogP contribution in [-0.2, 0) is 0 Å². The molecular formula is C17H18ClN. The molecule has 1 fully saturated rings. The average Bonchev–Trinajstić information content (AvgIpc) is 2.37. The molecule has 2 heteroatoms. The molecule has 0 saturated heterocycles. The Morgan fingerprint density at radius 1 is 1.00 bits per heavy atom. The highest BCUT2D eigenvalue weighted by Crippen LogP contribution is 2.37. The van der Waals surface area contributed by atoms with Crippen molar-refractivity contribution in [2.75, 3.05) is 0 Å². The van der Waals surface area contributed by atoms with Gasteiger partial charge < -0.3 is 5.73 Å². The molecule has 0 aromatic heterocycles. The van der Waals surface area contributed by atoms with Gasteiger partial charge >= 0.3 is 0 Å². The predicted octanol–water partition coefficient (Wildman–Crippen LogP) is 4.66. The van der Waals surface area contributed by atoms with Crippen LogP contribution in [0.3, 0.4) is 0 Å². The van der Waals surface area contributed by atoms with E-state index in [1.165, 1.54) is 30.4 Å². The van der Waals surface area contributed by atoms with Gasteiger partial charge in [0.15, 0.2) is 0 Å². The fourth-order valence-corrected chi connectivity index (χ4v) is 2.74. The van der Waals surface area contributed by atoms with Crippen molar-refractivity contribution < 1.29 is 0 Å². The van der Waals surface area contributed by atoms with Crippen molar-refractivity contribution in [3.63, 3.8) is 0 Å². The molecule has 0 spiro atoms. The van der Waals surface area contributed by atoms with Gasteiger partial charge in [0.1, 0.15) is 0 Å². The molecule has 0 aliphatic heterocycles. The Morgan fingerprint density at radius 3 is 2.37 bits per heavy atom. The van der Waals surface area contributed by atoms with E-state index in [0.717, 1.165) is 16.5 Å². The Morgan fingerprint density at radius 2 is 1.74 bits per heavy atom.